The summed E-state index contributed by atoms with van der Waals surface area (Å²) in [4.78, 5) is 4.22. The van der Waals surface area contributed by atoms with Crippen LogP contribution in [0.4, 0.5) is 10.1 Å². The first-order chi connectivity index (χ1) is 10.2. The van der Waals surface area contributed by atoms with Crippen molar-refractivity contribution in [1.29, 1.82) is 0 Å². The summed E-state index contributed by atoms with van der Waals surface area (Å²) in [7, 11) is 0. The molecule has 4 heteroatoms. The molecular weight excluding hydrogens is 331 g/mol. The van der Waals surface area contributed by atoms with E-state index in [1.54, 1.807) is 24.4 Å². The molecule has 3 aromatic rings. The van der Waals surface area contributed by atoms with E-state index in [0.29, 0.717) is 5.69 Å². The van der Waals surface area contributed by atoms with Gasteiger partial charge in [-0.15, -0.1) is 0 Å². The molecular formula is C17H12BrFN2. The zero-order valence-corrected chi connectivity index (χ0v) is 12.7. The molecule has 0 aliphatic carbocycles. The van der Waals surface area contributed by atoms with Gasteiger partial charge in [0.2, 0.25) is 0 Å². The summed E-state index contributed by atoms with van der Waals surface area (Å²) in [6, 6.07) is 18.3. The predicted molar refractivity (Wildman–Crippen MR) is 87.1 cm³/mol. The second kappa shape index (κ2) is 6.06. The van der Waals surface area contributed by atoms with E-state index in [1.807, 2.05) is 47.2 Å². The molecule has 1 heterocycles. The summed E-state index contributed by atoms with van der Waals surface area (Å²) in [6.07, 6.45) is 3.62. The average molecular weight is 343 g/mol. The Morgan fingerprint density at radius 1 is 0.952 bits per heavy atom. The van der Waals surface area contributed by atoms with Gasteiger partial charge in [0.1, 0.15) is 5.82 Å². The highest BCUT2D eigenvalue weighted by atomic mass is 79.9. The fraction of sp³-hybridized carbons (Fsp3) is 0. The Balaban J connectivity index is 1.93. The molecule has 0 atom stereocenters. The van der Waals surface area contributed by atoms with Crippen LogP contribution in [-0.2, 0) is 0 Å². The molecule has 0 spiro atoms. The highest BCUT2D eigenvalue weighted by molar-refractivity contribution is 9.10. The Morgan fingerprint density at radius 2 is 1.71 bits per heavy atom. The molecule has 0 radical (unpaired) electrons. The van der Waals surface area contributed by atoms with Gasteiger partial charge in [-0.2, -0.15) is 0 Å². The van der Waals surface area contributed by atoms with Crippen molar-refractivity contribution in [1.82, 2.24) is 4.57 Å². The van der Waals surface area contributed by atoms with Crippen LogP contribution in [0.2, 0.25) is 0 Å². The van der Waals surface area contributed by atoms with Gasteiger partial charge in [-0.05, 0) is 48.5 Å². The number of aliphatic imine (C=N–C) groups is 1. The summed E-state index contributed by atoms with van der Waals surface area (Å²) in [5, 5.41) is 0. The van der Waals surface area contributed by atoms with Crippen LogP contribution in [0.3, 0.4) is 0 Å². The van der Waals surface area contributed by atoms with Crippen LogP contribution in [0.5, 0.6) is 0 Å². The molecule has 0 N–H and O–H groups in total. The molecule has 0 saturated carbocycles. The van der Waals surface area contributed by atoms with Crippen molar-refractivity contribution >= 4 is 27.8 Å². The number of halogens is 2. The van der Waals surface area contributed by atoms with E-state index >= 15 is 0 Å². The Kier molecular flexibility index (Phi) is 3.97. The van der Waals surface area contributed by atoms with Gasteiger partial charge in [0.25, 0.3) is 0 Å². The largest absolute Gasteiger partial charge is 0.316 e. The van der Waals surface area contributed by atoms with Gasteiger partial charge < -0.3 is 4.57 Å². The maximum atomic E-state index is 13.6. The Bertz CT molecular complexity index is 775. The van der Waals surface area contributed by atoms with Gasteiger partial charge in [-0.25, -0.2) is 4.39 Å². The lowest BCUT2D eigenvalue weighted by Crippen LogP contribution is -1.97. The van der Waals surface area contributed by atoms with Crippen LogP contribution in [0.1, 0.15) is 5.69 Å². The van der Waals surface area contributed by atoms with E-state index in [9.17, 15) is 4.39 Å². The van der Waals surface area contributed by atoms with E-state index < -0.39 is 0 Å². The molecule has 0 fully saturated rings. The number of hydrogen-bond acceptors (Lipinski definition) is 1. The first-order valence-corrected chi connectivity index (χ1v) is 7.25. The molecule has 2 nitrogen and oxygen atoms in total. The highest BCUT2D eigenvalue weighted by Crippen LogP contribution is 2.18. The van der Waals surface area contributed by atoms with Crippen molar-refractivity contribution < 1.29 is 4.39 Å². The third-order valence-electron chi connectivity index (χ3n) is 3.07. The average Bonchev–Trinajstić information content (AvgIpc) is 2.96. The molecule has 0 saturated heterocycles. The highest BCUT2D eigenvalue weighted by Gasteiger charge is 2.02. The van der Waals surface area contributed by atoms with E-state index in [4.69, 9.17) is 0 Å². The van der Waals surface area contributed by atoms with Crippen molar-refractivity contribution in [3.05, 3.63) is 82.8 Å². The third-order valence-corrected chi connectivity index (χ3v) is 3.60. The van der Waals surface area contributed by atoms with Crippen LogP contribution in [0, 0.1) is 5.82 Å². The van der Waals surface area contributed by atoms with Crippen LogP contribution in [0.25, 0.3) is 5.69 Å². The van der Waals surface area contributed by atoms with Gasteiger partial charge in [0, 0.05) is 16.4 Å². The molecule has 3 rings (SSSR count). The number of para-hydroxylation sites is 1. The van der Waals surface area contributed by atoms with Crippen molar-refractivity contribution in [3.8, 4) is 5.69 Å². The summed E-state index contributed by atoms with van der Waals surface area (Å²) in [5.74, 6) is -0.324. The van der Waals surface area contributed by atoms with Gasteiger partial charge in [-0.1, -0.05) is 28.1 Å². The number of hydrogen-bond donors (Lipinski definition) is 0. The molecule has 0 amide bonds. The van der Waals surface area contributed by atoms with Crippen molar-refractivity contribution in [2.75, 3.05) is 0 Å². The second-order valence-electron chi connectivity index (χ2n) is 4.49. The molecule has 104 valence electrons. The normalized spacial score (nSPS) is 11.1. The molecule has 2 aromatic carbocycles. The van der Waals surface area contributed by atoms with Crippen molar-refractivity contribution in [3.63, 3.8) is 0 Å². The molecule has 0 aliphatic rings. The maximum Gasteiger partial charge on any atom is 0.148 e. The first-order valence-electron chi connectivity index (χ1n) is 6.46. The number of benzene rings is 2. The Labute approximate surface area is 130 Å². The Morgan fingerprint density at radius 3 is 2.48 bits per heavy atom. The SMILES string of the molecule is Fc1ccccc1N=Cc1cccn1-c1ccc(Br)cc1. The minimum absolute atomic E-state index is 0.324. The van der Waals surface area contributed by atoms with Crippen LogP contribution in [0.15, 0.2) is 76.3 Å². The number of nitrogens with zero attached hydrogens (tertiary/aromatic N) is 2. The summed E-state index contributed by atoms with van der Waals surface area (Å²) in [5.41, 5.74) is 2.25. The van der Waals surface area contributed by atoms with E-state index in [0.717, 1.165) is 15.9 Å². The van der Waals surface area contributed by atoms with Gasteiger partial charge in [-0.3, -0.25) is 4.99 Å². The first kappa shape index (κ1) is 13.8. The smallest absolute Gasteiger partial charge is 0.148 e. The standard InChI is InChI=1S/C17H12BrFN2/c18-13-7-9-14(10-8-13)21-11-3-4-15(21)12-20-17-6-2-1-5-16(17)19/h1-12H. The van der Waals surface area contributed by atoms with Crippen molar-refractivity contribution in [2.24, 2.45) is 4.99 Å². The lowest BCUT2D eigenvalue weighted by atomic mass is 10.3. The minimum Gasteiger partial charge on any atom is -0.316 e. The lowest BCUT2D eigenvalue weighted by Gasteiger charge is -2.06. The summed E-state index contributed by atoms with van der Waals surface area (Å²) in [6.45, 7) is 0. The van der Waals surface area contributed by atoms with E-state index in [2.05, 4.69) is 20.9 Å². The molecule has 0 unspecified atom stereocenters. The third kappa shape index (κ3) is 3.11. The molecule has 1 aromatic heterocycles. The van der Waals surface area contributed by atoms with Gasteiger partial charge >= 0.3 is 0 Å². The molecule has 0 aliphatic heterocycles. The van der Waals surface area contributed by atoms with Crippen LogP contribution < -0.4 is 0 Å². The Hall–Kier alpha value is -2.20. The van der Waals surface area contributed by atoms with Crippen LogP contribution >= 0.6 is 15.9 Å². The second-order valence-corrected chi connectivity index (χ2v) is 5.40. The van der Waals surface area contributed by atoms with E-state index in [1.165, 1.54) is 6.07 Å². The molecule has 0 bridgehead atoms. The lowest BCUT2D eigenvalue weighted by molar-refractivity contribution is 0.630. The summed E-state index contributed by atoms with van der Waals surface area (Å²) >= 11 is 3.42. The fourth-order valence-corrected chi connectivity index (χ4v) is 2.29. The van der Waals surface area contributed by atoms with Gasteiger partial charge in [0.05, 0.1) is 17.6 Å². The zero-order valence-electron chi connectivity index (χ0n) is 11.1. The van der Waals surface area contributed by atoms with Crippen LogP contribution in [-0.4, -0.2) is 10.8 Å². The predicted octanol–water partition coefficient (Wildman–Crippen LogP) is 5.13. The van der Waals surface area contributed by atoms with E-state index in [-0.39, 0.29) is 5.82 Å². The quantitative estimate of drug-likeness (QED) is 0.587. The van der Waals surface area contributed by atoms with Crippen molar-refractivity contribution in [2.45, 2.75) is 0 Å². The minimum atomic E-state index is -0.324. The van der Waals surface area contributed by atoms with Gasteiger partial charge in [0.15, 0.2) is 0 Å². The monoisotopic (exact) mass is 342 g/mol. The summed E-state index contributed by atoms with van der Waals surface area (Å²) < 4.78 is 16.6. The zero-order chi connectivity index (χ0) is 14.7. The fourth-order valence-electron chi connectivity index (χ4n) is 2.03. The number of aromatic nitrogens is 1. The molecule has 21 heavy (non-hydrogen) atoms. The maximum absolute atomic E-state index is 13.6. The topological polar surface area (TPSA) is 17.3 Å². The number of rotatable bonds is 3.